The van der Waals surface area contributed by atoms with Gasteiger partial charge in [0.15, 0.2) is 6.29 Å². The van der Waals surface area contributed by atoms with Crippen molar-refractivity contribution < 1.29 is 19.7 Å². The minimum absolute atomic E-state index is 0.421. The summed E-state index contributed by atoms with van der Waals surface area (Å²) < 4.78 is 10.5. The van der Waals surface area contributed by atoms with Gasteiger partial charge in [-0.25, -0.2) is 0 Å². The SMILES string of the molecule is CCCCCC(O[CH]C(C)O)O[CH]C(C)O. The van der Waals surface area contributed by atoms with Crippen molar-refractivity contribution >= 4 is 0 Å². The Morgan fingerprint density at radius 2 is 1.50 bits per heavy atom. The number of hydrogen-bond donors (Lipinski definition) is 2. The van der Waals surface area contributed by atoms with Gasteiger partial charge in [0.1, 0.15) is 13.2 Å². The van der Waals surface area contributed by atoms with Crippen LogP contribution in [0.25, 0.3) is 0 Å². The van der Waals surface area contributed by atoms with Crippen LogP contribution in [0.4, 0.5) is 0 Å². The molecule has 0 saturated heterocycles. The molecule has 0 aromatic carbocycles. The van der Waals surface area contributed by atoms with Crippen LogP contribution in [-0.4, -0.2) is 28.7 Å². The monoisotopic (exact) mass is 232 g/mol. The van der Waals surface area contributed by atoms with E-state index in [1.165, 1.54) is 13.2 Å². The summed E-state index contributed by atoms with van der Waals surface area (Å²) in [5.41, 5.74) is 0. The van der Waals surface area contributed by atoms with Gasteiger partial charge in [0.2, 0.25) is 0 Å². The lowest BCUT2D eigenvalue weighted by atomic mass is 10.2. The summed E-state index contributed by atoms with van der Waals surface area (Å²) in [4.78, 5) is 0. The molecule has 0 aromatic heterocycles. The number of rotatable bonds is 10. The molecule has 2 atom stereocenters. The molecule has 0 rings (SSSR count). The first-order valence-electron chi connectivity index (χ1n) is 5.90. The molecule has 4 heteroatoms. The molecule has 0 fully saturated rings. The van der Waals surface area contributed by atoms with Gasteiger partial charge >= 0.3 is 0 Å². The van der Waals surface area contributed by atoms with Crippen LogP contribution in [0.2, 0.25) is 0 Å². The molecule has 96 valence electrons. The van der Waals surface area contributed by atoms with E-state index in [0.717, 1.165) is 25.7 Å². The molecule has 4 nitrogen and oxygen atoms in total. The van der Waals surface area contributed by atoms with Crippen LogP contribution in [0.1, 0.15) is 46.5 Å². The second-order valence-corrected chi connectivity index (χ2v) is 3.95. The molecule has 2 radical (unpaired) electrons. The Morgan fingerprint density at radius 3 is 1.88 bits per heavy atom. The van der Waals surface area contributed by atoms with E-state index in [1.807, 2.05) is 0 Å². The standard InChI is InChI=1S/C12H24O4/c1-4-5-6-7-12(15-8-10(2)13)16-9-11(3)14/h8-14H,4-7H2,1-3H3. The lowest BCUT2D eigenvalue weighted by Crippen LogP contribution is -2.20. The molecule has 0 heterocycles. The summed E-state index contributed by atoms with van der Waals surface area (Å²) in [6.45, 7) is 8.03. The second kappa shape index (κ2) is 10.0. The fraction of sp³-hybridized carbons (Fsp3) is 0.833. The van der Waals surface area contributed by atoms with Crippen molar-refractivity contribution in [3.05, 3.63) is 13.2 Å². The number of ether oxygens (including phenoxy) is 2. The zero-order chi connectivity index (χ0) is 12.4. The maximum Gasteiger partial charge on any atom is 0.158 e. The first-order valence-corrected chi connectivity index (χ1v) is 5.90. The van der Waals surface area contributed by atoms with E-state index >= 15 is 0 Å². The summed E-state index contributed by atoms with van der Waals surface area (Å²) >= 11 is 0. The summed E-state index contributed by atoms with van der Waals surface area (Å²) in [6.07, 6.45) is 2.34. The van der Waals surface area contributed by atoms with Crippen LogP contribution in [-0.2, 0) is 9.47 Å². The fourth-order valence-corrected chi connectivity index (χ4v) is 1.13. The van der Waals surface area contributed by atoms with Crippen molar-refractivity contribution in [3.8, 4) is 0 Å². The van der Waals surface area contributed by atoms with E-state index < -0.39 is 18.5 Å². The van der Waals surface area contributed by atoms with Crippen LogP contribution >= 0.6 is 0 Å². The number of unbranched alkanes of at least 4 members (excludes halogenated alkanes) is 2. The van der Waals surface area contributed by atoms with Crippen LogP contribution in [0.5, 0.6) is 0 Å². The Labute approximate surface area is 98.6 Å². The predicted octanol–water partition coefficient (Wildman–Crippen LogP) is 2.01. The Hall–Kier alpha value is -0.160. The third-order valence-corrected chi connectivity index (χ3v) is 1.90. The topological polar surface area (TPSA) is 58.9 Å². The van der Waals surface area contributed by atoms with E-state index in [-0.39, 0.29) is 0 Å². The minimum Gasteiger partial charge on any atom is -0.391 e. The third kappa shape index (κ3) is 10.4. The normalized spacial score (nSPS) is 17.1. The average molecular weight is 232 g/mol. The lowest BCUT2D eigenvalue weighted by Gasteiger charge is -2.19. The molecule has 16 heavy (non-hydrogen) atoms. The van der Waals surface area contributed by atoms with Gasteiger partial charge in [-0.05, 0) is 26.7 Å². The van der Waals surface area contributed by atoms with Gasteiger partial charge in [-0.3, -0.25) is 0 Å². The molecule has 0 aliphatic carbocycles. The molecule has 2 unspecified atom stereocenters. The maximum atomic E-state index is 9.05. The van der Waals surface area contributed by atoms with E-state index in [2.05, 4.69) is 6.92 Å². The Morgan fingerprint density at radius 1 is 1.00 bits per heavy atom. The highest BCUT2D eigenvalue weighted by molar-refractivity contribution is 4.64. The Kier molecular flexibility index (Phi) is 9.92. The Balaban J connectivity index is 3.76. The van der Waals surface area contributed by atoms with Gasteiger partial charge < -0.3 is 19.7 Å². The molecular weight excluding hydrogens is 208 g/mol. The highest BCUT2D eigenvalue weighted by atomic mass is 16.7. The van der Waals surface area contributed by atoms with Gasteiger partial charge in [-0.2, -0.15) is 0 Å². The molecule has 0 amide bonds. The summed E-state index contributed by atoms with van der Waals surface area (Å²) in [6, 6.07) is 0. The molecule has 0 aliphatic rings. The van der Waals surface area contributed by atoms with Gasteiger partial charge in [-0.15, -0.1) is 0 Å². The minimum atomic E-state index is -0.621. The molecule has 0 aliphatic heterocycles. The maximum absolute atomic E-state index is 9.05. The van der Waals surface area contributed by atoms with Crippen LogP contribution in [0.15, 0.2) is 0 Å². The molecule has 0 bridgehead atoms. The number of aliphatic hydroxyl groups is 2. The summed E-state index contributed by atoms with van der Waals surface area (Å²) in [5, 5.41) is 18.1. The van der Waals surface area contributed by atoms with Crippen molar-refractivity contribution in [2.24, 2.45) is 0 Å². The van der Waals surface area contributed by atoms with Crippen molar-refractivity contribution in [2.45, 2.75) is 65.0 Å². The molecule has 0 saturated carbocycles. The molecule has 2 N–H and O–H groups in total. The largest absolute Gasteiger partial charge is 0.391 e. The summed E-state index contributed by atoms with van der Waals surface area (Å²) in [7, 11) is 0. The Bertz CT molecular complexity index is 136. The lowest BCUT2D eigenvalue weighted by molar-refractivity contribution is -0.124. The molecule has 0 spiro atoms. The van der Waals surface area contributed by atoms with Gasteiger partial charge in [0.25, 0.3) is 0 Å². The number of aliphatic hydroxyl groups excluding tert-OH is 2. The van der Waals surface area contributed by atoms with Crippen molar-refractivity contribution in [2.75, 3.05) is 0 Å². The van der Waals surface area contributed by atoms with Crippen LogP contribution in [0.3, 0.4) is 0 Å². The first kappa shape index (κ1) is 15.8. The van der Waals surface area contributed by atoms with Crippen LogP contribution in [0, 0.1) is 13.2 Å². The van der Waals surface area contributed by atoms with Crippen molar-refractivity contribution in [3.63, 3.8) is 0 Å². The van der Waals surface area contributed by atoms with E-state index in [9.17, 15) is 0 Å². The van der Waals surface area contributed by atoms with Gasteiger partial charge in [0, 0.05) is 0 Å². The smallest absolute Gasteiger partial charge is 0.158 e. The second-order valence-electron chi connectivity index (χ2n) is 3.95. The zero-order valence-electron chi connectivity index (χ0n) is 10.4. The highest BCUT2D eigenvalue weighted by Crippen LogP contribution is 2.12. The van der Waals surface area contributed by atoms with Gasteiger partial charge in [0.05, 0.1) is 12.2 Å². The fourth-order valence-electron chi connectivity index (χ4n) is 1.13. The van der Waals surface area contributed by atoms with E-state index in [1.54, 1.807) is 13.8 Å². The third-order valence-electron chi connectivity index (χ3n) is 1.90. The van der Waals surface area contributed by atoms with E-state index in [0.29, 0.717) is 0 Å². The van der Waals surface area contributed by atoms with Crippen molar-refractivity contribution in [1.29, 1.82) is 0 Å². The summed E-state index contributed by atoms with van der Waals surface area (Å²) in [5.74, 6) is 0. The van der Waals surface area contributed by atoms with Crippen LogP contribution < -0.4 is 0 Å². The van der Waals surface area contributed by atoms with Crippen molar-refractivity contribution in [1.82, 2.24) is 0 Å². The van der Waals surface area contributed by atoms with E-state index in [4.69, 9.17) is 19.7 Å². The zero-order valence-corrected chi connectivity index (χ0v) is 10.4. The average Bonchev–Trinajstić information content (AvgIpc) is 2.21. The first-order chi connectivity index (χ1) is 7.56. The highest BCUT2D eigenvalue weighted by Gasteiger charge is 2.12. The predicted molar refractivity (Wildman–Crippen MR) is 62.1 cm³/mol. The van der Waals surface area contributed by atoms with Gasteiger partial charge in [-0.1, -0.05) is 19.8 Å². The quantitative estimate of drug-likeness (QED) is 0.447. The number of hydrogen-bond acceptors (Lipinski definition) is 4. The molecular formula is C12H24O4. The molecule has 0 aromatic rings.